The Morgan fingerprint density at radius 2 is 0.701 bits per heavy atom. The van der Waals surface area contributed by atoms with Crippen LogP contribution in [-0.4, -0.2) is 44.6 Å². The highest BCUT2D eigenvalue weighted by molar-refractivity contribution is 5.83. The average Bonchev–Trinajstić information content (AvgIpc) is 3.36. The molecule has 0 saturated carbocycles. The molecule has 8 heteroatoms. The van der Waals surface area contributed by atoms with Crippen LogP contribution in [-0.2, 0) is 0 Å². The summed E-state index contributed by atoms with van der Waals surface area (Å²) < 4.78 is 36.2. The molecule has 0 spiro atoms. The predicted molar refractivity (Wildman–Crippen MR) is 275 cm³/mol. The quantitative estimate of drug-likeness (QED) is 0.0526. The third kappa shape index (κ3) is 12.7. The normalized spacial score (nSPS) is 11.0. The Hall–Kier alpha value is -6.93. The van der Waals surface area contributed by atoms with Crippen LogP contribution in [0.5, 0.6) is 34.5 Å². The van der Waals surface area contributed by atoms with Crippen molar-refractivity contribution in [2.24, 2.45) is 0 Å². The predicted octanol–water partition coefficient (Wildman–Crippen LogP) is 16.0. The van der Waals surface area contributed by atoms with Crippen molar-refractivity contribution in [2.45, 2.75) is 80.1 Å². The topological polar surface area (TPSA) is 71.5 Å². The number of unbranched alkanes of at least 4 members (excludes halogenated alkanes) is 4. The van der Waals surface area contributed by atoms with E-state index in [1.165, 1.54) is 25.7 Å². The van der Waals surface area contributed by atoms with E-state index in [4.69, 9.17) is 33.4 Å². The molecule has 0 unspecified atom stereocenters. The van der Waals surface area contributed by atoms with E-state index >= 15 is 0 Å². The van der Waals surface area contributed by atoms with E-state index in [1.807, 2.05) is 64.1 Å². The summed E-state index contributed by atoms with van der Waals surface area (Å²) in [5.74, 6) is 4.69. The van der Waals surface area contributed by atoms with Gasteiger partial charge in [0.2, 0.25) is 0 Å². The fourth-order valence-corrected chi connectivity index (χ4v) is 8.04. The van der Waals surface area contributed by atoms with Crippen molar-refractivity contribution in [2.75, 3.05) is 44.5 Å². The van der Waals surface area contributed by atoms with Gasteiger partial charge in [-0.1, -0.05) is 75.9 Å². The second-order valence-corrected chi connectivity index (χ2v) is 16.2. The molecule has 0 aliphatic rings. The number of benzene rings is 6. The van der Waals surface area contributed by atoms with Gasteiger partial charge in [0.15, 0.2) is 0 Å². The Bertz CT molecular complexity index is 2460. The first-order chi connectivity index (χ1) is 32.9. The third-order valence-corrected chi connectivity index (χ3v) is 11.4. The largest absolute Gasteiger partial charge is 0.494 e. The summed E-state index contributed by atoms with van der Waals surface area (Å²) in [5.41, 5.74) is 10.7. The molecule has 7 aromatic rings. The molecular formula is C59H66N2O6. The Balaban J connectivity index is 1.21. The summed E-state index contributed by atoms with van der Waals surface area (Å²) in [5, 5.41) is 0. The molecule has 348 valence electrons. The lowest BCUT2D eigenvalue weighted by molar-refractivity contribution is 0.306. The minimum absolute atomic E-state index is 0.506. The Kier molecular flexibility index (Phi) is 17.6. The maximum absolute atomic E-state index is 6.19. The number of pyridine rings is 1. The first kappa shape index (κ1) is 48.0. The number of nitrogens with zero attached hydrogens (tertiary/aromatic N) is 2. The molecule has 0 saturated heterocycles. The SMILES string of the molecule is CCCCCOc1ccc(N(c2ccc(OCCCCC)cc2)c2ccc(-c3ccc(-c4cc(-c5ccc(OCC)cc5OCC)nc(-c5ccc(OCC)cc5OCC)c4)cc3)cc2)cc1. The Morgan fingerprint density at radius 3 is 1.09 bits per heavy atom. The lowest BCUT2D eigenvalue weighted by Gasteiger charge is -2.26. The number of rotatable bonds is 25. The molecule has 0 radical (unpaired) electrons. The summed E-state index contributed by atoms with van der Waals surface area (Å²) >= 11 is 0. The van der Waals surface area contributed by atoms with Crippen LogP contribution in [0.3, 0.4) is 0 Å². The van der Waals surface area contributed by atoms with Crippen LogP contribution in [0.2, 0.25) is 0 Å². The fraction of sp³-hybridized carbons (Fsp3) is 0.305. The highest BCUT2D eigenvalue weighted by Crippen LogP contribution is 2.41. The van der Waals surface area contributed by atoms with Crippen LogP contribution < -0.4 is 33.3 Å². The van der Waals surface area contributed by atoms with Gasteiger partial charge in [0.25, 0.3) is 0 Å². The molecule has 6 aromatic carbocycles. The van der Waals surface area contributed by atoms with Crippen molar-refractivity contribution in [3.05, 3.63) is 146 Å². The number of aromatic nitrogens is 1. The van der Waals surface area contributed by atoms with E-state index in [2.05, 4.69) is 128 Å². The van der Waals surface area contributed by atoms with Gasteiger partial charge in [-0.25, -0.2) is 4.98 Å². The van der Waals surface area contributed by atoms with Gasteiger partial charge in [-0.3, -0.25) is 0 Å². The average molecular weight is 899 g/mol. The molecule has 0 bridgehead atoms. The van der Waals surface area contributed by atoms with Crippen molar-refractivity contribution in [3.8, 4) is 79.3 Å². The van der Waals surface area contributed by atoms with E-state index in [0.29, 0.717) is 37.9 Å². The van der Waals surface area contributed by atoms with E-state index in [9.17, 15) is 0 Å². The molecule has 0 fully saturated rings. The molecule has 7 rings (SSSR count). The zero-order valence-corrected chi connectivity index (χ0v) is 40.2. The third-order valence-electron chi connectivity index (χ3n) is 11.4. The van der Waals surface area contributed by atoms with Crippen LogP contribution in [0.1, 0.15) is 80.1 Å². The Labute approximate surface area is 398 Å². The van der Waals surface area contributed by atoms with Gasteiger partial charge in [-0.15, -0.1) is 0 Å². The highest BCUT2D eigenvalue weighted by atomic mass is 16.5. The summed E-state index contributed by atoms with van der Waals surface area (Å²) in [6, 6.07) is 50.4. The van der Waals surface area contributed by atoms with Gasteiger partial charge in [-0.2, -0.15) is 0 Å². The Morgan fingerprint density at radius 1 is 0.343 bits per heavy atom. The summed E-state index contributed by atoms with van der Waals surface area (Å²) in [4.78, 5) is 7.53. The van der Waals surface area contributed by atoms with E-state index in [1.54, 1.807) is 0 Å². The minimum atomic E-state index is 0.506. The molecule has 0 amide bonds. The van der Waals surface area contributed by atoms with Gasteiger partial charge >= 0.3 is 0 Å². The number of hydrogen-bond donors (Lipinski definition) is 0. The number of ether oxygens (including phenoxy) is 6. The number of anilines is 3. The van der Waals surface area contributed by atoms with Crippen molar-refractivity contribution in [1.29, 1.82) is 0 Å². The maximum Gasteiger partial charge on any atom is 0.132 e. The van der Waals surface area contributed by atoms with E-state index in [0.717, 1.165) is 111 Å². The van der Waals surface area contributed by atoms with Gasteiger partial charge in [0.05, 0.1) is 51.0 Å². The first-order valence-electron chi connectivity index (χ1n) is 24.2. The smallest absolute Gasteiger partial charge is 0.132 e. The van der Waals surface area contributed by atoms with Crippen LogP contribution in [0.25, 0.3) is 44.8 Å². The van der Waals surface area contributed by atoms with E-state index < -0.39 is 0 Å². The van der Waals surface area contributed by atoms with Crippen LogP contribution in [0.4, 0.5) is 17.1 Å². The zero-order valence-electron chi connectivity index (χ0n) is 40.2. The number of hydrogen-bond acceptors (Lipinski definition) is 8. The maximum atomic E-state index is 6.19. The first-order valence-corrected chi connectivity index (χ1v) is 24.2. The second kappa shape index (κ2) is 24.6. The zero-order chi connectivity index (χ0) is 46.8. The highest BCUT2D eigenvalue weighted by Gasteiger charge is 2.18. The summed E-state index contributed by atoms with van der Waals surface area (Å²) in [7, 11) is 0. The van der Waals surface area contributed by atoms with Gasteiger partial charge in [0, 0.05) is 40.3 Å². The minimum Gasteiger partial charge on any atom is -0.494 e. The standard InChI is InChI=1S/C59H66N2O6/c1-7-13-15-37-66-50-29-25-48(26-30-50)61(49-27-31-51(32-28-49)67-38-16-14-8-2)47-23-21-44(22-24-47)43-17-19-45(20-18-43)46-39-56(54-35-33-52(62-9-3)41-58(54)64-11-5)60-57(40-46)55-36-34-53(63-10-4)42-59(55)65-12-6/h17-36,39-42H,7-16,37-38H2,1-6H3. The monoisotopic (exact) mass is 898 g/mol. The molecule has 1 heterocycles. The van der Waals surface area contributed by atoms with Crippen LogP contribution in [0, 0.1) is 0 Å². The van der Waals surface area contributed by atoms with Crippen LogP contribution >= 0.6 is 0 Å². The molecule has 1 aromatic heterocycles. The van der Waals surface area contributed by atoms with Gasteiger partial charge < -0.3 is 33.3 Å². The molecule has 8 nitrogen and oxygen atoms in total. The van der Waals surface area contributed by atoms with Crippen molar-refractivity contribution in [1.82, 2.24) is 4.98 Å². The lowest BCUT2D eigenvalue weighted by atomic mass is 9.97. The van der Waals surface area contributed by atoms with Gasteiger partial charge in [-0.05, 0) is 160 Å². The molecule has 0 aliphatic carbocycles. The molecule has 0 atom stereocenters. The van der Waals surface area contributed by atoms with Crippen molar-refractivity contribution >= 4 is 17.1 Å². The second-order valence-electron chi connectivity index (χ2n) is 16.2. The van der Waals surface area contributed by atoms with Crippen molar-refractivity contribution in [3.63, 3.8) is 0 Å². The summed E-state index contributed by atoms with van der Waals surface area (Å²) in [6.45, 7) is 15.9. The fourth-order valence-electron chi connectivity index (χ4n) is 8.04. The van der Waals surface area contributed by atoms with E-state index in [-0.39, 0.29) is 0 Å². The summed E-state index contributed by atoms with van der Waals surface area (Å²) in [6.07, 6.45) is 6.78. The molecule has 0 N–H and O–H groups in total. The van der Waals surface area contributed by atoms with Gasteiger partial charge in [0.1, 0.15) is 34.5 Å². The molecule has 67 heavy (non-hydrogen) atoms. The molecular weight excluding hydrogens is 833 g/mol. The van der Waals surface area contributed by atoms with Crippen molar-refractivity contribution < 1.29 is 28.4 Å². The van der Waals surface area contributed by atoms with Crippen LogP contribution in [0.15, 0.2) is 146 Å². The lowest BCUT2D eigenvalue weighted by Crippen LogP contribution is -2.10. The molecule has 0 aliphatic heterocycles.